The first kappa shape index (κ1) is 15.9. The zero-order valence-corrected chi connectivity index (χ0v) is 11.6. The van der Waals surface area contributed by atoms with Crippen LogP contribution in [-0.4, -0.2) is 43.9 Å². The van der Waals surface area contributed by atoms with Crippen LogP contribution in [0.15, 0.2) is 18.2 Å². The number of nitrogens with one attached hydrogen (secondary N) is 2. The Balaban J connectivity index is 2.45. The largest absolute Gasteiger partial charge is 0.397 e. The van der Waals surface area contributed by atoms with E-state index in [0.717, 1.165) is 6.07 Å². The van der Waals surface area contributed by atoms with Crippen LogP contribution in [0.5, 0.6) is 0 Å². The van der Waals surface area contributed by atoms with Crippen molar-refractivity contribution in [2.45, 2.75) is 6.42 Å². The number of nitrogen functional groups attached to an aromatic ring is 1. The molecular weight excluding hydrogens is 263 g/mol. The van der Waals surface area contributed by atoms with Crippen LogP contribution < -0.4 is 16.4 Å². The lowest BCUT2D eigenvalue weighted by Crippen LogP contribution is -2.33. The zero-order chi connectivity index (χ0) is 15.1. The Labute approximate surface area is 117 Å². The molecule has 0 heterocycles. The van der Waals surface area contributed by atoms with Crippen LogP contribution in [0.2, 0.25) is 0 Å². The van der Waals surface area contributed by atoms with Crippen molar-refractivity contribution in [1.29, 1.82) is 0 Å². The van der Waals surface area contributed by atoms with E-state index in [1.54, 1.807) is 19.0 Å². The normalized spacial score (nSPS) is 10.4. The minimum atomic E-state index is -0.455. The molecule has 0 radical (unpaired) electrons. The molecule has 2 amide bonds. The average Bonchev–Trinajstić information content (AvgIpc) is 2.39. The molecule has 0 saturated carbocycles. The summed E-state index contributed by atoms with van der Waals surface area (Å²) in [7, 11) is 3.29. The summed E-state index contributed by atoms with van der Waals surface area (Å²) in [6, 6.07) is 3.78. The number of likely N-dealkylation sites (N-methyl/N-ethyl adjacent to an activating group) is 1. The molecule has 7 heteroatoms. The maximum absolute atomic E-state index is 12.9. The van der Waals surface area contributed by atoms with E-state index >= 15 is 0 Å². The van der Waals surface area contributed by atoms with Crippen molar-refractivity contribution in [2.75, 3.05) is 38.2 Å². The van der Waals surface area contributed by atoms with Crippen molar-refractivity contribution < 1.29 is 14.0 Å². The quantitative estimate of drug-likeness (QED) is 0.660. The smallest absolute Gasteiger partial charge is 0.238 e. The van der Waals surface area contributed by atoms with Gasteiger partial charge in [0.15, 0.2) is 0 Å². The first-order valence-corrected chi connectivity index (χ1v) is 6.16. The Bertz CT molecular complexity index is 493. The Kier molecular flexibility index (Phi) is 5.92. The Morgan fingerprint density at radius 2 is 2.05 bits per heavy atom. The van der Waals surface area contributed by atoms with Gasteiger partial charge in [-0.3, -0.25) is 14.5 Å². The molecule has 1 aromatic rings. The predicted molar refractivity (Wildman–Crippen MR) is 75.6 cm³/mol. The number of anilines is 2. The van der Waals surface area contributed by atoms with E-state index in [-0.39, 0.29) is 24.0 Å². The molecule has 0 saturated heterocycles. The highest BCUT2D eigenvalue weighted by atomic mass is 19.1. The maximum atomic E-state index is 12.9. The number of halogens is 1. The third-order valence-electron chi connectivity index (χ3n) is 2.70. The molecule has 110 valence electrons. The SMILES string of the molecule is CNC(=O)CCN(C)CC(=O)Nc1ccc(F)cc1N. The fourth-order valence-corrected chi connectivity index (χ4v) is 1.58. The number of carbonyl (C=O) groups excluding carboxylic acids is 2. The maximum Gasteiger partial charge on any atom is 0.238 e. The van der Waals surface area contributed by atoms with Gasteiger partial charge in [0, 0.05) is 20.0 Å². The zero-order valence-electron chi connectivity index (χ0n) is 11.6. The van der Waals surface area contributed by atoms with Gasteiger partial charge < -0.3 is 16.4 Å². The summed E-state index contributed by atoms with van der Waals surface area (Å²) in [6.07, 6.45) is 0.318. The standard InChI is InChI=1S/C13H19FN4O2/c1-16-12(19)5-6-18(2)8-13(20)17-11-4-3-9(14)7-10(11)15/h3-4,7H,5-6,8,15H2,1-2H3,(H,16,19)(H,17,20). The van der Waals surface area contributed by atoms with Crippen molar-refractivity contribution in [3.8, 4) is 0 Å². The van der Waals surface area contributed by atoms with Crippen LogP contribution >= 0.6 is 0 Å². The summed E-state index contributed by atoms with van der Waals surface area (Å²) in [6.45, 7) is 0.583. The van der Waals surface area contributed by atoms with Gasteiger partial charge in [0.2, 0.25) is 11.8 Å². The van der Waals surface area contributed by atoms with Crippen molar-refractivity contribution in [2.24, 2.45) is 0 Å². The van der Waals surface area contributed by atoms with Crippen LogP contribution in [-0.2, 0) is 9.59 Å². The molecule has 0 spiro atoms. The molecule has 6 nitrogen and oxygen atoms in total. The summed E-state index contributed by atoms with van der Waals surface area (Å²) in [5.41, 5.74) is 6.14. The van der Waals surface area contributed by atoms with E-state index in [2.05, 4.69) is 10.6 Å². The monoisotopic (exact) mass is 282 g/mol. The minimum Gasteiger partial charge on any atom is -0.397 e. The van der Waals surface area contributed by atoms with Gasteiger partial charge in [-0.25, -0.2) is 4.39 Å². The van der Waals surface area contributed by atoms with Crippen molar-refractivity contribution >= 4 is 23.2 Å². The van der Waals surface area contributed by atoms with E-state index in [1.807, 2.05) is 0 Å². The molecule has 0 aliphatic carbocycles. The molecule has 20 heavy (non-hydrogen) atoms. The van der Waals surface area contributed by atoms with Crippen molar-refractivity contribution in [3.05, 3.63) is 24.0 Å². The number of benzene rings is 1. The first-order chi connectivity index (χ1) is 9.42. The summed E-state index contributed by atoms with van der Waals surface area (Å²) < 4.78 is 12.9. The first-order valence-electron chi connectivity index (χ1n) is 6.16. The summed E-state index contributed by atoms with van der Waals surface area (Å²) in [5.74, 6) is -0.814. The van der Waals surface area contributed by atoms with Crippen LogP contribution in [0, 0.1) is 5.82 Å². The number of nitrogens with zero attached hydrogens (tertiary/aromatic N) is 1. The van der Waals surface area contributed by atoms with Gasteiger partial charge in [-0.1, -0.05) is 0 Å². The number of hydrogen-bond acceptors (Lipinski definition) is 4. The number of amides is 2. The molecule has 0 fully saturated rings. The van der Waals surface area contributed by atoms with E-state index in [1.165, 1.54) is 12.1 Å². The Hall–Kier alpha value is -2.15. The molecule has 0 unspecified atom stereocenters. The highest BCUT2D eigenvalue weighted by Crippen LogP contribution is 2.18. The lowest BCUT2D eigenvalue weighted by atomic mass is 10.2. The van der Waals surface area contributed by atoms with Gasteiger partial charge in [-0.2, -0.15) is 0 Å². The fourth-order valence-electron chi connectivity index (χ4n) is 1.58. The minimum absolute atomic E-state index is 0.0833. The molecule has 0 atom stereocenters. The second-order valence-electron chi connectivity index (χ2n) is 4.44. The summed E-state index contributed by atoms with van der Waals surface area (Å²) >= 11 is 0. The number of rotatable bonds is 6. The highest BCUT2D eigenvalue weighted by molar-refractivity contribution is 5.95. The predicted octanol–water partition coefficient (Wildman–Crippen LogP) is 0.414. The molecule has 0 aliphatic heterocycles. The van der Waals surface area contributed by atoms with E-state index in [0.29, 0.717) is 18.7 Å². The van der Waals surface area contributed by atoms with Crippen LogP contribution in [0.4, 0.5) is 15.8 Å². The molecular formula is C13H19FN4O2. The summed E-state index contributed by atoms with van der Waals surface area (Å²) in [4.78, 5) is 24.6. The van der Waals surface area contributed by atoms with E-state index in [4.69, 9.17) is 5.73 Å². The lowest BCUT2D eigenvalue weighted by Gasteiger charge is -2.16. The van der Waals surface area contributed by atoms with Gasteiger partial charge >= 0.3 is 0 Å². The van der Waals surface area contributed by atoms with Crippen LogP contribution in [0.1, 0.15) is 6.42 Å². The molecule has 1 rings (SSSR count). The number of hydrogen-bond donors (Lipinski definition) is 3. The van der Waals surface area contributed by atoms with Gasteiger partial charge in [0.25, 0.3) is 0 Å². The van der Waals surface area contributed by atoms with E-state index in [9.17, 15) is 14.0 Å². The highest BCUT2D eigenvalue weighted by Gasteiger charge is 2.10. The van der Waals surface area contributed by atoms with Gasteiger partial charge in [0.05, 0.1) is 17.9 Å². The van der Waals surface area contributed by atoms with E-state index < -0.39 is 5.82 Å². The van der Waals surface area contributed by atoms with Gasteiger partial charge in [-0.15, -0.1) is 0 Å². The molecule has 0 aliphatic rings. The average molecular weight is 282 g/mol. The third-order valence-corrected chi connectivity index (χ3v) is 2.70. The molecule has 0 aromatic heterocycles. The van der Waals surface area contributed by atoms with Gasteiger partial charge in [-0.05, 0) is 25.2 Å². The number of carbonyl (C=O) groups is 2. The lowest BCUT2D eigenvalue weighted by molar-refractivity contribution is -0.122. The van der Waals surface area contributed by atoms with Crippen molar-refractivity contribution in [3.63, 3.8) is 0 Å². The Morgan fingerprint density at radius 1 is 1.35 bits per heavy atom. The molecule has 0 bridgehead atoms. The Morgan fingerprint density at radius 3 is 2.65 bits per heavy atom. The summed E-state index contributed by atoms with van der Waals surface area (Å²) in [5, 5.41) is 5.11. The second kappa shape index (κ2) is 7.44. The fraction of sp³-hybridized carbons (Fsp3) is 0.385. The number of nitrogens with two attached hydrogens (primary N) is 1. The van der Waals surface area contributed by atoms with Crippen LogP contribution in [0.3, 0.4) is 0 Å². The molecule has 1 aromatic carbocycles. The van der Waals surface area contributed by atoms with Gasteiger partial charge in [0.1, 0.15) is 5.82 Å². The van der Waals surface area contributed by atoms with Crippen molar-refractivity contribution in [1.82, 2.24) is 10.2 Å². The topological polar surface area (TPSA) is 87.5 Å². The van der Waals surface area contributed by atoms with Crippen LogP contribution in [0.25, 0.3) is 0 Å². The molecule has 4 N–H and O–H groups in total. The second-order valence-corrected chi connectivity index (χ2v) is 4.44. The third kappa shape index (κ3) is 5.23.